The van der Waals surface area contributed by atoms with Gasteiger partial charge in [-0.25, -0.2) is 0 Å². The van der Waals surface area contributed by atoms with Gasteiger partial charge in [0.15, 0.2) is 5.78 Å². The van der Waals surface area contributed by atoms with Gasteiger partial charge in [0.25, 0.3) is 0 Å². The molecule has 17 heavy (non-hydrogen) atoms. The number of carbonyl (C=O) groups excluding carboxylic acids is 2. The molecule has 1 aromatic carbocycles. The number of carbonyl (C=O) groups is 2. The van der Waals surface area contributed by atoms with E-state index in [1.807, 2.05) is 6.92 Å². The molecule has 0 aliphatic carbocycles. The fraction of sp³-hybridized carbons (Fsp3) is 0.385. The first-order valence-corrected chi connectivity index (χ1v) is 6.30. The standard InChI is InChI=1S/C13H14Cl2O2/c1-2-3-4-10(16)8-13(17)9-5-6-11(14)12(15)7-9/h5-7H,2-4,8H2,1H3. The molecule has 0 saturated heterocycles. The molecule has 4 heteroatoms. The van der Waals surface area contributed by atoms with Gasteiger partial charge < -0.3 is 0 Å². The maximum Gasteiger partial charge on any atom is 0.170 e. The van der Waals surface area contributed by atoms with Gasteiger partial charge in [-0.1, -0.05) is 36.5 Å². The molecule has 92 valence electrons. The lowest BCUT2D eigenvalue weighted by Gasteiger charge is -2.02. The van der Waals surface area contributed by atoms with Gasteiger partial charge in [-0.05, 0) is 24.6 Å². The van der Waals surface area contributed by atoms with E-state index in [0.717, 1.165) is 12.8 Å². The number of halogens is 2. The molecule has 0 N–H and O–H groups in total. The molecule has 1 rings (SSSR count). The lowest BCUT2D eigenvalue weighted by molar-refractivity contribution is -0.118. The Labute approximate surface area is 111 Å². The van der Waals surface area contributed by atoms with Gasteiger partial charge in [-0.2, -0.15) is 0 Å². The molecule has 0 aliphatic heterocycles. The van der Waals surface area contributed by atoms with Crippen LogP contribution in [-0.2, 0) is 4.79 Å². The van der Waals surface area contributed by atoms with Crippen LogP contribution in [0.5, 0.6) is 0 Å². The van der Waals surface area contributed by atoms with E-state index < -0.39 is 0 Å². The van der Waals surface area contributed by atoms with Crippen molar-refractivity contribution in [2.24, 2.45) is 0 Å². The summed E-state index contributed by atoms with van der Waals surface area (Å²) in [6.07, 6.45) is 2.18. The quantitative estimate of drug-likeness (QED) is 0.571. The zero-order valence-corrected chi connectivity index (χ0v) is 11.1. The summed E-state index contributed by atoms with van der Waals surface area (Å²) in [5, 5.41) is 0.735. The van der Waals surface area contributed by atoms with E-state index in [-0.39, 0.29) is 18.0 Å². The van der Waals surface area contributed by atoms with Crippen LogP contribution in [0, 0.1) is 0 Å². The summed E-state index contributed by atoms with van der Waals surface area (Å²) in [4.78, 5) is 23.2. The van der Waals surface area contributed by atoms with Crippen molar-refractivity contribution >= 4 is 34.8 Å². The highest BCUT2D eigenvalue weighted by molar-refractivity contribution is 6.42. The average molecular weight is 273 g/mol. The van der Waals surface area contributed by atoms with Crippen LogP contribution in [0.2, 0.25) is 10.0 Å². The van der Waals surface area contributed by atoms with Gasteiger partial charge in [-0.15, -0.1) is 0 Å². The molecule has 0 spiro atoms. The minimum Gasteiger partial charge on any atom is -0.299 e. The number of Topliss-reactive ketones (excluding diaryl/α,β-unsaturated/α-hetero) is 2. The van der Waals surface area contributed by atoms with Gasteiger partial charge in [0.05, 0.1) is 16.5 Å². The number of hydrogen-bond acceptors (Lipinski definition) is 2. The lowest BCUT2D eigenvalue weighted by Crippen LogP contribution is -2.08. The smallest absolute Gasteiger partial charge is 0.170 e. The molecule has 0 aromatic heterocycles. The summed E-state index contributed by atoms with van der Waals surface area (Å²) < 4.78 is 0. The van der Waals surface area contributed by atoms with Crippen LogP contribution in [0.1, 0.15) is 43.0 Å². The topological polar surface area (TPSA) is 34.1 Å². The second-order valence-electron chi connectivity index (χ2n) is 3.87. The second kappa shape index (κ2) is 6.77. The molecular weight excluding hydrogens is 259 g/mol. The molecule has 0 amide bonds. The molecule has 0 heterocycles. The highest BCUT2D eigenvalue weighted by Gasteiger charge is 2.12. The van der Waals surface area contributed by atoms with Crippen LogP contribution in [-0.4, -0.2) is 11.6 Å². The zero-order valence-electron chi connectivity index (χ0n) is 9.63. The molecule has 0 saturated carbocycles. The van der Waals surface area contributed by atoms with E-state index in [9.17, 15) is 9.59 Å². The predicted molar refractivity (Wildman–Crippen MR) is 69.9 cm³/mol. The Morgan fingerprint density at radius 1 is 1.18 bits per heavy atom. The van der Waals surface area contributed by atoms with Gasteiger partial charge >= 0.3 is 0 Å². The lowest BCUT2D eigenvalue weighted by atomic mass is 10.0. The Morgan fingerprint density at radius 3 is 2.47 bits per heavy atom. The first-order valence-electron chi connectivity index (χ1n) is 5.54. The monoisotopic (exact) mass is 272 g/mol. The van der Waals surface area contributed by atoms with Crippen molar-refractivity contribution < 1.29 is 9.59 Å². The zero-order chi connectivity index (χ0) is 12.8. The third-order valence-electron chi connectivity index (χ3n) is 2.41. The van der Waals surface area contributed by atoms with E-state index in [1.54, 1.807) is 12.1 Å². The highest BCUT2D eigenvalue weighted by atomic mass is 35.5. The molecule has 0 fully saturated rings. The number of benzene rings is 1. The van der Waals surface area contributed by atoms with Crippen molar-refractivity contribution in [1.82, 2.24) is 0 Å². The van der Waals surface area contributed by atoms with Crippen LogP contribution in [0.15, 0.2) is 18.2 Å². The summed E-state index contributed by atoms with van der Waals surface area (Å²) in [6.45, 7) is 2.01. The van der Waals surface area contributed by atoms with E-state index in [0.29, 0.717) is 22.0 Å². The van der Waals surface area contributed by atoms with Gasteiger partial charge in [0.1, 0.15) is 5.78 Å². The van der Waals surface area contributed by atoms with Crippen LogP contribution >= 0.6 is 23.2 Å². The normalized spacial score (nSPS) is 10.3. The number of ketones is 2. The Kier molecular flexibility index (Phi) is 5.66. The average Bonchev–Trinajstić information content (AvgIpc) is 2.30. The molecule has 0 aliphatic rings. The van der Waals surface area contributed by atoms with Gasteiger partial charge in [0, 0.05) is 12.0 Å². The van der Waals surface area contributed by atoms with E-state index in [4.69, 9.17) is 23.2 Å². The highest BCUT2D eigenvalue weighted by Crippen LogP contribution is 2.23. The van der Waals surface area contributed by atoms with E-state index >= 15 is 0 Å². The number of rotatable bonds is 6. The third-order valence-corrected chi connectivity index (χ3v) is 3.15. The van der Waals surface area contributed by atoms with Crippen molar-refractivity contribution in [2.45, 2.75) is 32.6 Å². The Balaban J connectivity index is 2.63. The second-order valence-corrected chi connectivity index (χ2v) is 4.69. The molecule has 0 atom stereocenters. The molecule has 1 aromatic rings. The first-order chi connectivity index (χ1) is 8.04. The third kappa shape index (κ3) is 4.49. The Bertz CT molecular complexity index is 427. The summed E-state index contributed by atoms with van der Waals surface area (Å²) >= 11 is 11.6. The summed E-state index contributed by atoms with van der Waals surface area (Å²) in [7, 11) is 0. The Hall–Kier alpha value is -0.860. The first kappa shape index (κ1) is 14.2. The van der Waals surface area contributed by atoms with Crippen molar-refractivity contribution in [2.75, 3.05) is 0 Å². The summed E-state index contributed by atoms with van der Waals surface area (Å²) in [5.74, 6) is -0.229. The largest absolute Gasteiger partial charge is 0.299 e. The molecule has 0 unspecified atom stereocenters. The molecular formula is C13H14Cl2O2. The molecule has 2 nitrogen and oxygen atoms in total. The van der Waals surface area contributed by atoms with Crippen molar-refractivity contribution in [3.8, 4) is 0 Å². The molecule has 0 radical (unpaired) electrons. The van der Waals surface area contributed by atoms with Crippen LogP contribution in [0.25, 0.3) is 0 Å². The van der Waals surface area contributed by atoms with Gasteiger partial charge in [-0.3, -0.25) is 9.59 Å². The maximum atomic E-state index is 11.8. The minimum absolute atomic E-state index is 0.0251. The van der Waals surface area contributed by atoms with Crippen molar-refractivity contribution in [1.29, 1.82) is 0 Å². The summed E-state index contributed by atoms with van der Waals surface area (Å²) in [5.41, 5.74) is 0.434. The SMILES string of the molecule is CCCCC(=O)CC(=O)c1ccc(Cl)c(Cl)c1. The number of hydrogen-bond donors (Lipinski definition) is 0. The van der Waals surface area contributed by atoms with Crippen molar-refractivity contribution in [3.63, 3.8) is 0 Å². The predicted octanol–water partition coefficient (Wildman–Crippen LogP) is 4.33. The van der Waals surface area contributed by atoms with Crippen LogP contribution in [0.3, 0.4) is 0 Å². The fourth-order valence-electron chi connectivity index (χ4n) is 1.41. The Morgan fingerprint density at radius 2 is 1.88 bits per heavy atom. The van der Waals surface area contributed by atoms with E-state index in [2.05, 4.69) is 0 Å². The van der Waals surface area contributed by atoms with Crippen LogP contribution < -0.4 is 0 Å². The van der Waals surface area contributed by atoms with Crippen molar-refractivity contribution in [3.05, 3.63) is 33.8 Å². The fourth-order valence-corrected chi connectivity index (χ4v) is 1.71. The number of unbranched alkanes of at least 4 members (excludes halogenated alkanes) is 1. The van der Waals surface area contributed by atoms with Crippen LogP contribution in [0.4, 0.5) is 0 Å². The van der Waals surface area contributed by atoms with Gasteiger partial charge in [0.2, 0.25) is 0 Å². The maximum absolute atomic E-state index is 11.8. The van der Waals surface area contributed by atoms with E-state index in [1.165, 1.54) is 6.07 Å². The minimum atomic E-state index is -0.204. The molecule has 0 bridgehead atoms. The summed E-state index contributed by atoms with van der Waals surface area (Å²) in [6, 6.07) is 4.65.